The standard InChI is InChI=1S/C55H50BN3/c1-35-28-43-50-46(30-35)57(39-20-12-8-13-21-39)48-33-41(59-45-25-24-38(37-18-10-7-11-19-37)32-42(45)54(5)26-16-17-27-55(54,59)6)34-49-52(48)56(50)51-44(53(43,3)4)29-36(2)31-47(51)58(49)40-22-14-9-15-23-40/h7-15,18-25,28-34H,16-17,26-27H2,1-6H3. The minimum atomic E-state index is -0.180. The third-order valence-corrected chi connectivity index (χ3v) is 15.4. The molecular formula is C55H50BN3. The highest BCUT2D eigenvalue weighted by Crippen LogP contribution is 2.62. The van der Waals surface area contributed by atoms with Gasteiger partial charge in [0.15, 0.2) is 0 Å². The van der Waals surface area contributed by atoms with Crippen LogP contribution in [-0.4, -0.2) is 12.3 Å². The van der Waals surface area contributed by atoms with Crippen molar-refractivity contribution >= 4 is 68.6 Å². The first-order chi connectivity index (χ1) is 28.6. The summed E-state index contributed by atoms with van der Waals surface area (Å²) in [6, 6.07) is 55.7. The lowest BCUT2D eigenvalue weighted by atomic mass is 9.28. The average molecular weight is 764 g/mol. The van der Waals surface area contributed by atoms with E-state index < -0.39 is 0 Å². The molecule has 2 atom stereocenters. The molecule has 0 bridgehead atoms. The number of para-hydroxylation sites is 2. The zero-order valence-electron chi connectivity index (χ0n) is 35.1. The zero-order valence-corrected chi connectivity index (χ0v) is 35.1. The zero-order chi connectivity index (χ0) is 40.0. The second kappa shape index (κ2) is 12.0. The predicted molar refractivity (Wildman–Crippen MR) is 250 cm³/mol. The Balaban J connectivity index is 1.20. The fourth-order valence-electron chi connectivity index (χ4n) is 12.5. The van der Waals surface area contributed by atoms with Gasteiger partial charge in [-0.15, -0.1) is 0 Å². The summed E-state index contributed by atoms with van der Waals surface area (Å²) >= 11 is 0. The molecule has 0 amide bonds. The molecule has 0 spiro atoms. The van der Waals surface area contributed by atoms with Gasteiger partial charge in [0.1, 0.15) is 0 Å². The van der Waals surface area contributed by atoms with Crippen molar-refractivity contribution < 1.29 is 0 Å². The molecular weight excluding hydrogens is 713 g/mol. The van der Waals surface area contributed by atoms with E-state index in [-0.39, 0.29) is 23.1 Å². The molecule has 12 rings (SSSR count). The number of hydrogen-bond acceptors (Lipinski definition) is 3. The van der Waals surface area contributed by atoms with Crippen molar-refractivity contribution in [2.75, 3.05) is 14.7 Å². The van der Waals surface area contributed by atoms with Gasteiger partial charge in [0.05, 0.1) is 5.54 Å². The Bertz CT molecular complexity index is 2760. The van der Waals surface area contributed by atoms with Crippen LogP contribution in [0.25, 0.3) is 11.1 Å². The molecule has 5 aliphatic rings. The lowest BCUT2D eigenvalue weighted by Crippen LogP contribution is -2.67. The van der Waals surface area contributed by atoms with E-state index in [9.17, 15) is 0 Å². The maximum Gasteiger partial charge on any atom is 0.252 e. The van der Waals surface area contributed by atoms with Crippen molar-refractivity contribution in [3.05, 3.63) is 173 Å². The number of rotatable bonds is 4. The molecule has 4 aliphatic heterocycles. The number of fused-ring (bicyclic) bond motifs is 3. The van der Waals surface area contributed by atoms with Crippen molar-refractivity contribution in [1.82, 2.24) is 0 Å². The fraction of sp³-hybridized carbons (Fsp3) is 0.236. The molecule has 2 unspecified atom stereocenters. The summed E-state index contributed by atoms with van der Waals surface area (Å²) in [4.78, 5) is 8.02. The van der Waals surface area contributed by atoms with Gasteiger partial charge in [-0.25, -0.2) is 0 Å². The number of anilines is 8. The molecule has 4 heteroatoms. The Morgan fingerprint density at radius 1 is 0.441 bits per heavy atom. The quantitative estimate of drug-likeness (QED) is 0.165. The van der Waals surface area contributed by atoms with Crippen LogP contribution in [-0.2, 0) is 10.8 Å². The van der Waals surface area contributed by atoms with Crippen molar-refractivity contribution in [3.63, 3.8) is 0 Å². The first-order valence-corrected chi connectivity index (χ1v) is 21.8. The molecule has 7 aromatic rings. The monoisotopic (exact) mass is 763 g/mol. The maximum atomic E-state index is 2.79. The summed E-state index contributed by atoms with van der Waals surface area (Å²) in [6.45, 7) is 14.8. The number of aryl methyl sites for hydroxylation is 2. The van der Waals surface area contributed by atoms with Crippen molar-refractivity contribution in [3.8, 4) is 11.1 Å². The Morgan fingerprint density at radius 2 is 0.949 bits per heavy atom. The van der Waals surface area contributed by atoms with E-state index >= 15 is 0 Å². The highest BCUT2D eigenvalue weighted by molar-refractivity contribution is 7.01. The van der Waals surface area contributed by atoms with Crippen LogP contribution in [0.1, 0.15) is 81.2 Å². The van der Waals surface area contributed by atoms with Crippen LogP contribution in [0.15, 0.2) is 146 Å². The van der Waals surface area contributed by atoms with Gasteiger partial charge in [-0.2, -0.15) is 0 Å². The van der Waals surface area contributed by atoms with E-state index in [4.69, 9.17) is 0 Å². The van der Waals surface area contributed by atoms with E-state index in [0.29, 0.717) is 0 Å². The lowest BCUT2D eigenvalue weighted by molar-refractivity contribution is 0.195. The van der Waals surface area contributed by atoms with Gasteiger partial charge in [-0.1, -0.05) is 119 Å². The van der Waals surface area contributed by atoms with Gasteiger partial charge in [-0.05, 0) is 150 Å². The second-order valence-electron chi connectivity index (χ2n) is 19.0. The Hall–Kier alpha value is -6.00. The van der Waals surface area contributed by atoms with E-state index in [2.05, 4.69) is 202 Å². The fourth-order valence-corrected chi connectivity index (χ4v) is 12.5. The van der Waals surface area contributed by atoms with Crippen molar-refractivity contribution in [1.29, 1.82) is 0 Å². The summed E-state index contributed by atoms with van der Waals surface area (Å²) < 4.78 is 0. The minimum absolute atomic E-state index is 0.0110. The molecule has 4 heterocycles. The second-order valence-corrected chi connectivity index (χ2v) is 19.0. The Labute approximate surface area is 350 Å². The molecule has 0 saturated heterocycles. The molecule has 0 aromatic heterocycles. The van der Waals surface area contributed by atoms with Gasteiger partial charge >= 0.3 is 0 Å². The number of nitrogens with zero attached hydrogens (tertiary/aromatic N) is 3. The van der Waals surface area contributed by atoms with Crippen LogP contribution in [0.3, 0.4) is 0 Å². The lowest BCUT2D eigenvalue weighted by Gasteiger charge is -2.52. The van der Waals surface area contributed by atoms with Gasteiger partial charge in [0, 0.05) is 56.3 Å². The molecule has 288 valence electrons. The summed E-state index contributed by atoms with van der Waals surface area (Å²) in [5, 5.41) is 0. The highest BCUT2D eigenvalue weighted by atomic mass is 15.3. The molecule has 1 fully saturated rings. The molecule has 3 nitrogen and oxygen atoms in total. The molecule has 7 aromatic carbocycles. The van der Waals surface area contributed by atoms with Crippen LogP contribution in [0.4, 0.5) is 45.5 Å². The highest BCUT2D eigenvalue weighted by Gasteiger charge is 2.59. The number of hydrogen-bond donors (Lipinski definition) is 0. The molecule has 0 N–H and O–H groups in total. The van der Waals surface area contributed by atoms with Gasteiger partial charge in [-0.3, -0.25) is 0 Å². The molecule has 59 heavy (non-hydrogen) atoms. The summed E-state index contributed by atoms with van der Waals surface area (Å²) in [7, 11) is 0. The smallest absolute Gasteiger partial charge is 0.252 e. The van der Waals surface area contributed by atoms with Crippen LogP contribution < -0.4 is 31.1 Å². The van der Waals surface area contributed by atoms with Gasteiger partial charge in [0.2, 0.25) is 0 Å². The van der Waals surface area contributed by atoms with E-state index in [0.717, 1.165) is 6.42 Å². The summed E-state index contributed by atoms with van der Waals surface area (Å²) in [6.07, 6.45) is 4.81. The summed E-state index contributed by atoms with van der Waals surface area (Å²) in [5.41, 5.74) is 23.8. The molecule has 0 radical (unpaired) electrons. The maximum absolute atomic E-state index is 2.79. The van der Waals surface area contributed by atoms with Crippen LogP contribution in [0.5, 0.6) is 0 Å². The minimum Gasteiger partial charge on any atom is -0.334 e. The van der Waals surface area contributed by atoms with Crippen molar-refractivity contribution in [2.45, 2.75) is 83.6 Å². The molecule has 1 aliphatic carbocycles. The van der Waals surface area contributed by atoms with E-state index in [1.165, 1.54) is 120 Å². The first kappa shape index (κ1) is 35.0. The SMILES string of the molecule is Cc1cc2c3c(c1)C(C)(C)c1cc(C)cc4c1B3c1c(cc(N3c5ccc(-c6ccccc6)cc5C5(C)CCCCC35C)cc1N4c1ccccc1)N2c1ccccc1. The summed E-state index contributed by atoms with van der Waals surface area (Å²) in [5.74, 6) is 0. The van der Waals surface area contributed by atoms with E-state index in [1.807, 2.05) is 0 Å². The van der Waals surface area contributed by atoms with Crippen LogP contribution in [0, 0.1) is 13.8 Å². The van der Waals surface area contributed by atoms with Gasteiger partial charge < -0.3 is 14.7 Å². The normalized spacial score (nSPS) is 21.3. The van der Waals surface area contributed by atoms with Crippen LogP contribution >= 0.6 is 0 Å². The number of benzene rings is 7. The average Bonchev–Trinajstić information content (AvgIpc) is 3.45. The third-order valence-electron chi connectivity index (χ3n) is 15.4. The topological polar surface area (TPSA) is 9.72 Å². The Kier molecular flexibility index (Phi) is 7.14. The largest absolute Gasteiger partial charge is 0.334 e. The van der Waals surface area contributed by atoms with Crippen molar-refractivity contribution in [2.24, 2.45) is 0 Å². The van der Waals surface area contributed by atoms with Gasteiger partial charge in [0.25, 0.3) is 6.71 Å². The first-order valence-electron chi connectivity index (χ1n) is 21.8. The third kappa shape index (κ3) is 4.55. The predicted octanol–water partition coefficient (Wildman–Crippen LogP) is 12.4. The van der Waals surface area contributed by atoms with E-state index in [1.54, 1.807) is 0 Å². The Morgan fingerprint density at radius 3 is 1.51 bits per heavy atom. The van der Waals surface area contributed by atoms with Crippen LogP contribution in [0.2, 0.25) is 0 Å². The molecule has 1 saturated carbocycles.